The van der Waals surface area contributed by atoms with Crippen LogP contribution in [0, 0.1) is 11.8 Å². The monoisotopic (exact) mass is 297 g/mol. The summed E-state index contributed by atoms with van der Waals surface area (Å²) >= 11 is 0. The fourth-order valence-electron chi connectivity index (χ4n) is 3.31. The molecule has 1 aromatic heterocycles. The van der Waals surface area contributed by atoms with Crippen LogP contribution in [0.3, 0.4) is 0 Å². The van der Waals surface area contributed by atoms with E-state index >= 15 is 0 Å². The van der Waals surface area contributed by atoms with Crippen LogP contribution in [0.2, 0.25) is 0 Å². The molecule has 3 rings (SSSR count). The Morgan fingerprint density at radius 2 is 2.40 bits per heavy atom. The third kappa shape index (κ3) is 3.70. The Labute approximate surface area is 127 Å². The molecule has 3 heterocycles. The lowest BCUT2D eigenvalue weighted by molar-refractivity contribution is 0.0600. The minimum Gasteiger partial charge on any atom is -0.376 e. The molecule has 112 valence electrons. The third-order valence-electron chi connectivity index (χ3n) is 4.35. The molecule has 5 heteroatoms. The maximum absolute atomic E-state index is 6.01. The number of halogens is 1. The highest BCUT2D eigenvalue weighted by Crippen LogP contribution is 2.31. The summed E-state index contributed by atoms with van der Waals surface area (Å²) in [4.78, 5) is 6.51. The van der Waals surface area contributed by atoms with E-state index in [1.165, 1.54) is 12.0 Å². The smallest absolute Gasteiger partial charge is 0.0745 e. The fraction of sp³-hybridized carbons (Fsp3) is 0.667. The van der Waals surface area contributed by atoms with Gasteiger partial charge in [0, 0.05) is 37.9 Å². The van der Waals surface area contributed by atoms with Crippen molar-refractivity contribution < 1.29 is 4.74 Å². The van der Waals surface area contributed by atoms with Gasteiger partial charge < -0.3 is 10.1 Å². The molecule has 0 saturated carbocycles. The predicted molar refractivity (Wildman–Crippen MR) is 82.0 cm³/mol. The number of pyridine rings is 1. The summed E-state index contributed by atoms with van der Waals surface area (Å²) in [6.45, 7) is 5.19. The van der Waals surface area contributed by atoms with Gasteiger partial charge in [0.2, 0.25) is 0 Å². The molecule has 2 saturated heterocycles. The lowest BCUT2D eigenvalue weighted by Crippen LogP contribution is -2.42. The minimum atomic E-state index is 0. The first kappa shape index (κ1) is 15.7. The van der Waals surface area contributed by atoms with Crippen LogP contribution in [0.15, 0.2) is 24.5 Å². The Bertz CT molecular complexity index is 403. The third-order valence-corrected chi connectivity index (χ3v) is 4.35. The molecule has 20 heavy (non-hydrogen) atoms. The molecular formula is C15H24ClN3O. The molecule has 0 unspecified atom stereocenters. The van der Waals surface area contributed by atoms with E-state index in [0.717, 1.165) is 38.7 Å². The van der Waals surface area contributed by atoms with Crippen molar-refractivity contribution in [1.82, 2.24) is 15.2 Å². The van der Waals surface area contributed by atoms with Crippen molar-refractivity contribution in [3.8, 4) is 0 Å². The minimum absolute atomic E-state index is 0. The molecule has 0 bridgehead atoms. The fourth-order valence-corrected chi connectivity index (χ4v) is 3.31. The molecule has 0 radical (unpaired) electrons. The Morgan fingerprint density at radius 1 is 1.50 bits per heavy atom. The van der Waals surface area contributed by atoms with Crippen molar-refractivity contribution in [2.45, 2.75) is 19.1 Å². The van der Waals surface area contributed by atoms with Crippen LogP contribution in [0.25, 0.3) is 0 Å². The molecular weight excluding hydrogens is 274 g/mol. The van der Waals surface area contributed by atoms with Crippen LogP contribution >= 0.6 is 12.4 Å². The average Bonchev–Trinajstić information content (AvgIpc) is 2.83. The highest BCUT2D eigenvalue weighted by Gasteiger charge is 2.38. The van der Waals surface area contributed by atoms with Gasteiger partial charge in [0.1, 0.15) is 0 Å². The van der Waals surface area contributed by atoms with Gasteiger partial charge in [-0.3, -0.25) is 9.88 Å². The molecule has 2 fully saturated rings. The number of ether oxygens (including phenoxy) is 1. The molecule has 0 aromatic carbocycles. The lowest BCUT2D eigenvalue weighted by Gasteiger charge is -2.30. The number of rotatable bonds is 4. The van der Waals surface area contributed by atoms with E-state index in [0.29, 0.717) is 12.0 Å². The van der Waals surface area contributed by atoms with E-state index in [1.54, 1.807) is 0 Å². The van der Waals surface area contributed by atoms with Crippen molar-refractivity contribution in [2.24, 2.45) is 11.8 Å². The summed E-state index contributed by atoms with van der Waals surface area (Å²) in [5.74, 6) is 1.48. The van der Waals surface area contributed by atoms with Crippen LogP contribution in [-0.2, 0) is 11.3 Å². The number of hydrogen-bond acceptors (Lipinski definition) is 4. The van der Waals surface area contributed by atoms with Crippen molar-refractivity contribution >= 4 is 12.4 Å². The number of hydrogen-bond donors (Lipinski definition) is 1. The van der Waals surface area contributed by atoms with Crippen LogP contribution < -0.4 is 5.32 Å². The second-order valence-electron chi connectivity index (χ2n) is 5.85. The average molecular weight is 298 g/mol. The number of piperidine rings is 1. The maximum Gasteiger partial charge on any atom is 0.0745 e. The first-order valence-electron chi connectivity index (χ1n) is 7.22. The predicted octanol–water partition coefficient (Wildman–Crippen LogP) is 1.56. The zero-order chi connectivity index (χ0) is 13.1. The summed E-state index contributed by atoms with van der Waals surface area (Å²) in [6, 6.07) is 4.13. The van der Waals surface area contributed by atoms with E-state index < -0.39 is 0 Å². The number of aromatic nitrogens is 1. The normalized spacial score (nSPS) is 29.0. The molecule has 1 N–H and O–H groups in total. The van der Waals surface area contributed by atoms with Gasteiger partial charge >= 0.3 is 0 Å². The van der Waals surface area contributed by atoms with Gasteiger partial charge in [-0.25, -0.2) is 0 Å². The van der Waals surface area contributed by atoms with Crippen LogP contribution in [0.1, 0.15) is 12.0 Å². The van der Waals surface area contributed by atoms with E-state index in [1.807, 2.05) is 18.5 Å². The molecule has 0 spiro atoms. The van der Waals surface area contributed by atoms with Crippen molar-refractivity contribution in [1.29, 1.82) is 0 Å². The van der Waals surface area contributed by atoms with E-state index in [2.05, 4.69) is 28.3 Å². The summed E-state index contributed by atoms with van der Waals surface area (Å²) in [7, 11) is 2.17. The first-order chi connectivity index (χ1) is 9.33. The lowest BCUT2D eigenvalue weighted by atomic mass is 9.85. The first-order valence-corrected chi connectivity index (χ1v) is 7.22. The van der Waals surface area contributed by atoms with Gasteiger partial charge in [-0.15, -0.1) is 12.4 Å². The Morgan fingerprint density at radius 3 is 3.20 bits per heavy atom. The quantitative estimate of drug-likeness (QED) is 0.915. The molecule has 2 aliphatic rings. The van der Waals surface area contributed by atoms with Crippen LogP contribution in [0.5, 0.6) is 0 Å². The Kier molecular flexibility index (Phi) is 5.78. The molecule has 0 amide bonds. The molecule has 4 nitrogen and oxygen atoms in total. The summed E-state index contributed by atoms with van der Waals surface area (Å²) in [6.07, 6.45) is 5.42. The molecule has 3 atom stereocenters. The van der Waals surface area contributed by atoms with Gasteiger partial charge in [-0.2, -0.15) is 0 Å². The number of nitrogens with zero attached hydrogens (tertiary/aromatic N) is 2. The van der Waals surface area contributed by atoms with E-state index in [4.69, 9.17) is 4.74 Å². The molecule has 2 aliphatic heterocycles. The second-order valence-corrected chi connectivity index (χ2v) is 5.85. The maximum atomic E-state index is 6.01. The van der Waals surface area contributed by atoms with E-state index in [-0.39, 0.29) is 12.4 Å². The van der Waals surface area contributed by atoms with Gasteiger partial charge in [0.05, 0.1) is 12.7 Å². The summed E-state index contributed by atoms with van der Waals surface area (Å²) < 4.78 is 6.01. The standard InChI is InChI=1S/C15H23N3O.ClH/c1-18(9-12-3-2-5-16-7-12)10-15-14-8-17-6-4-13(14)11-19-15;/h2-3,5,7,13-15,17H,4,6,8-11H2,1H3;1H/t13-,14-,15+;/m0./s1. The van der Waals surface area contributed by atoms with Gasteiger partial charge in [0.15, 0.2) is 0 Å². The Balaban J connectivity index is 0.00000147. The number of fused-ring (bicyclic) bond motifs is 1. The topological polar surface area (TPSA) is 37.4 Å². The SMILES string of the molecule is CN(Cc1cccnc1)C[C@H]1OC[C@@H]2CCNC[C@@H]21.Cl. The highest BCUT2D eigenvalue weighted by atomic mass is 35.5. The van der Waals surface area contributed by atoms with Gasteiger partial charge in [-0.05, 0) is 37.6 Å². The van der Waals surface area contributed by atoms with Crippen LogP contribution in [0.4, 0.5) is 0 Å². The van der Waals surface area contributed by atoms with Crippen molar-refractivity contribution in [2.75, 3.05) is 33.3 Å². The summed E-state index contributed by atoms with van der Waals surface area (Å²) in [5.41, 5.74) is 1.27. The zero-order valence-electron chi connectivity index (χ0n) is 12.0. The number of likely N-dealkylation sites (N-methyl/N-ethyl adjacent to an activating group) is 1. The largest absolute Gasteiger partial charge is 0.376 e. The Hall–Kier alpha value is -0.680. The highest BCUT2D eigenvalue weighted by molar-refractivity contribution is 5.85. The van der Waals surface area contributed by atoms with Gasteiger partial charge in [-0.1, -0.05) is 6.07 Å². The van der Waals surface area contributed by atoms with Crippen molar-refractivity contribution in [3.63, 3.8) is 0 Å². The molecule has 1 aromatic rings. The van der Waals surface area contributed by atoms with Gasteiger partial charge in [0.25, 0.3) is 0 Å². The number of nitrogens with one attached hydrogen (secondary N) is 1. The second kappa shape index (κ2) is 7.36. The zero-order valence-corrected chi connectivity index (χ0v) is 12.8. The van der Waals surface area contributed by atoms with Crippen molar-refractivity contribution in [3.05, 3.63) is 30.1 Å². The van der Waals surface area contributed by atoms with E-state index in [9.17, 15) is 0 Å². The van der Waals surface area contributed by atoms with Crippen LogP contribution in [-0.4, -0.2) is 49.3 Å². The summed E-state index contributed by atoms with van der Waals surface area (Å²) in [5, 5.41) is 3.50. The molecule has 0 aliphatic carbocycles.